The third kappa shape index (κ3) is 4.27. The Bertz CT molecular complexity index is 427. The number of aliphatic hydroxyl groups excluding tert-OH is 1. The van der Waals surface area contributed by atoms with Crippen molar-refractivity contribution in [3.63, 3.8) is 0 Å². The highest BCUT2D eigenvalue weighted by Gasteiger charge is 2.22. The third-order valence-electron chi connectivity index (χ3n) is 4.21. The van der Waals surface area contributed by atoms with Gasteiger partial charge in [0.25, 0.3) is 0 Å². The van der Waals surface area contributed by atoms with Gasteiger partial charge in [-0.3, -0.25) is 0 Å². The molecule has 3 nitrogen and oxygen atoms in total. The molecule has 1 N–H and O–H groups in total. The fourth-order valence-corrected chi connectivity index (χ4v) is 2.88. The Morgan fingerprint density at radius 2 is 2.30 bits per heavy atom. The maximum absolute atomic E-state index is 13.1. The number of benzene rings is 1. The summed E-state index contributed by atoms with van der Waals surface area (Å²) in [5, 5.41) is 10.1. The highest BCUT2D eigenvalue weighted by Crippen LogP contribution is 2.19. The van der Waals surface area contributed by atoms with Crippen LogP contribution in [0.2, 0.25) is 0 Å². The molecule has 1 heterocycles. The van der Waals surface area contributed by atoms with E-state index in [1.54, 1.807) is 12.1 Å². The van der Waals surface area contributed by atoms with Crippen molar-refractivity contribution in [1.29, 1.82) is 0 Å². The minimum Gasteiger partial charge on any atom is -0.388 e. The predicted molar refractivity (Wildman–Crippen MR) is 79.1 cm³/mol. The van der Waals surface area contributed by atoms with E-state index in [9.17, 15) is 9.50 Å². The molecule has 0 spiro atoms. The maximum Gasteiger partial charge on any atom is 0.123 e. The van der Waals surface area contributed by atoms with E-state index in [-0.39, 0.29) is 5.82 Å². The summed E-state index contributed by atoms with van der Waals surface area (Å²) < 4.78 is 13.1. The second-order valence-electron chi connectivity index (χ2n) is 5.90. The molecular formula is C16H25FN2O. The zero-order chi connectivity index (χ0) is 14.5. The monoisotopic (exact) mass is 280 g/mol. The molecule has 1 aromatic carbocycles. The van der Waals surface area contributed by atoms with Gasteiger partial charge in [0.2, 0.25) is 0 Å². The number of rotatable bonds is 6. The van der Waals surface area contributed by atoms with Crippen LogP contribution in [0.25, 0.3) is 0 Å². The van der Waals surface area contributed by atoms with E-state index in [1.165, 1.54) is 31.5 Å². The summed E-state index contributed by atoms with van der Waals surface area (Å²) in [7, 11) is 4.26. The van der Waals surface area contributed by atoms with Gasteiger partial charge in [-0.15, -0.1) is 0 Å². The SMILES string of the molecule is CN(CCC(O)c1cccc(F)c1)CC1CCCN1C. The summed E-state index contributed by atoms with van der Waals surface area (Å²) in [5.74, 6) is -0.289. The molecule has 2 atom stereocenters. The molecule has 2 rings (SSSR count). The number of nitrogens with zero attached hydrogens (tertiary/aromatic N) is 2. The van der Waals surface area contributed by atoms with Gasteiger partial charge in [-0.25, -0.2) is 4.39 Å². The number of likely N-dealkylation sites (N-methyl/N-ethyl adjacent to an activating group) is 2. The zero-order valence-corrected chi connectivity index (χ0v) is 12.4. The van der Waals surface area contributed by atoms with Crippen LogP contribution in [0.5, 0.6) is 0 Å². The molecule has 0 saturated carbocycles. The Labute approximate surface area is 121 Å². The zero-order valence-electron chi connectivity index (χ0n) is 12.4. The smallest absolute Gasteiger partial charge is 0.123 e. The van der Waals surface area contributed by atoms with Crippen LogP contribution >= 0.6 is 0 Å². The van der Waals surface area contributed by atoms with Crippen molar-refractivity contribution in [3.8, 4) is 0 Å². The molecule has 1 aliphatic heterocycles. The number of hydrogen-bond acceptors (Lipinski definition) is 3. The number of aliphatic hydroxyl groups is 1. The number of halogens is 1. The Balaban J connectivity index is 1.76. The largest absolute Gasteiger partial charge is 0.388 e. The molecule has 2 unspecified atom stereocenters. The number of hydrogen-bond donors (Lipinski definition) is 1. The summed E-state index contributed by atoms with van der Waals surface area (Å²) in [5.41, 5.74) is 0.663. The van der Waals surface area contributed by atoms with Gasteiger partial charge in [-0.05, 0) is 57.6 Å². The number of likely N-dealkylation sites (tertiary alicyclic amines) is 1. The molecule has 0 bridgehead atoms. The van der Waals surface area contributed by atoms with Gasteiger partial charge in [-0.1, -0.05) is 12.1 Å². The first-order valence-corrected chi connectivity index (χ1v) is 7.38. The molecule has 0 aliphatic carbocycles. The Kier molecular flexibility index (Phi) is 5.52. The van der Waals surface area contributed by atoms with Crippen molar-refractivity contribution < 1.29 is 9.50 Å². The summed E-state index contributed by atoms with van der Waals surface area (Å²) in [6.07, 6.45) is 2.58. The van der Waals surface area contributed by atoms with Gasteiger partial charge < -0.3 is 14.9 Å². The van der Waals surface area contributed by atoms with Crippen LogP contribution in [0, 0.1) is 5.82 Å². The molecular weight excluding hydrogens is 255 g/mol. The first-order valence-electron chi connectivity index (χ1n) is 7.38. The lowest BCUT2D eigenvalue weighted by molar-refractivity contribution is 0.139. The Hall–Kier alpha value is -0.970. The molecule has 1 aliphatic rings. The lowest BCUT2D eigenvalue weighted by Crippen LogP contribution is -2.37. The van der Waals surface area contributed by atoms with E-state index in [1.807, 2.05) is 0 Å². The highest BCUT2D eigenvalue weighted by atomic mass is 19.1. The minimum atomic E-state index is -0.588. The molecule has 1 aromatic rings. The fraction of sp³-hybridized carbons (Fsp3) is 0.625. The second-order valence-corrected chi connectivity index (χ2v) is 5.90. The van der Waals surface area contributed by atoms with Crippen LogP contribution in [-0.2, 0) is 0 Å². The van der Waals surface area contributed by atoms with Crippen molar-refractivity contribution in [1.82, 2.24) is 9.80 Å². The highest BCUT2D eigenvalue weighted by molar-refractivity contribution is 5.18. The molecule has 112 valence electrons. The van der Waals surface area contributed by atoms with Crippen molar-refractivity contribution >= 4 is 0 Å². The standard InChI is InChI=1S/C16H25FN2O/c1-18(12-15-7-4-9-19(15)2)10-8-16(20)13-5-3-6-14(17)11-13/h3,5-6,11,15-16,20H,4,7-10,12H2,1-2H3. The first-order chi connectivity index (χ1) is 9.56. The van der Waals surface area contributed by atoms with Crippen LogP contribution in [-0.4, -0.2) is 54.7 Å². The van der Waals surface area contributed by atoms with Gasteiger partial charge in [0, 0.05) is 19.1 Å². The molecule has 1 fully saturated rings. The summed E-state index contributed by atoms with van der Waals surface area (Å²) in [6.45, 7) is 3.04. The van der Waals surface area contributed by atoms with Gasteiger partial charge in [0.15, 0.2) is 0 Å². The first kappa shape index (κ1) is 15.4. The van der Waals surface area contributed by atoms with E-state index in [0.717, 1.165) is 13.1 Å². The normalized spacial score (nSPS) is 21.6. The van der Waals surface area contributed by atoms with E-state index in [0.29, 0.717) is 18.0 Å². The average molecular weight is 280 g/mol. The minimum absolute atomic E-state index is 0.289. The van der Waals surface area contributed by atoms with Crippen molar-refractivity contribution in [2.45, 2.75) is 31.4 Å². The molecule has 0 aromatic heterocycles. The summed E-state index contributed by atoms with van der Waals surface area (Å²) >= 11 is 0. The van der Waals surface area contributed by atoms with Gasteiger partial charge in [0.05, 0.1) is 6.10 Å². The van der Waals surface area contributed by atoms with E-state index < -0.39 is 6.10 Å². The lowest BCUT2D eigenvalue weighted by Gasteiger charge is -2.26. The second kappa shape index (κ2) is 7.16. The Morgan fingerprint density at radius 1 is 1.50 bits per heavy atom. The lowest BCUT2D eigenvalue weighted by atomic mass is 10.1. The predicted octanol–water partition coefficient (Wildman–Crippen LogP) is 2.28. The van der Waals surface area contributed by atoms with Crippen LogP contribution in [0.4, 0.5) is 4.39 Å². The molecule has 0 radical (unpaired) electrons. The quantitative estimate of drug-likeness (QED) is 0.866. The molecule has 4 heteroatoms. The van der Waals surface area contributed by atoms with Gasteiger partial charge >= 0.3 is 0 Å². The van der Waals surface area contributed by atoms with Crippen LogP contribution in [0.1, 0.15) is 30.9 Å². The van der Waals surface area contributed by atoms with Crippen molar-refractivity contribution in [3.05, 3.63) is 35.6 Å². The van der Waals surface area contributed by atoms with Crippen LogP contribution < -0.4 is 0 Å². The topological polar surface area (TPSA) is 26.7 Å². The van der Waals surface area contributed by atoms with Crippen LogP contribution in [0.15, 0.2) is 24.3 Å². The van der Waals surface area contributed by atoms with E-state index in [4.69, 9.17) is 0 Å². The van der Waals surface area contributed by atoms with Crippen molar-refractivity contribution in [2.75, 3.05) is 33.7 Å². The molecule has 0 amide bonds. The molecule has 20 heavy (non-hydrogen) atoms. The van der Waals surface area contributed by atoms with Crippen molar-refractivity contribution in [2.24, 2.45) is 0 Å². The summed E-state index contributed by atoms with van der Waals surface area (Å²) in [4.78, 5) is 4.66. The van der Waals surface area contributed by atoms with Gasteiger partial charge in [-0.2, -0.15) is 0 Å². The Morgan fingerprint density at radius 3 is 2.95 bits per heavy atom. The average Bonchev–Trinajstić information content (AvgIpc) is 2.81. The van der Waals surface area contributed by atoms with Gasteiger partial charge in [0.1, 0.15) is 5.82 Å². The fourth-order valence-electron chi connectivity index (χ4n) is 2.88. The third-order valence-corrected chi connectivity index (χ3v) is 4.21. The van der Waals surface area contributed by atoms with E-state index in [2.05, 4.69) is 23.9 Å². The van der Waals surface area contributed by atoms with E-state index >= 15 is 0 Å². The van der Waals surface area contributed by atoms with Crippen LogP contribution in [0.3, 0.4) is 0 Å². The maximum atomic E-state index is 13.1. The molecule has 1 saturated heterocycles. The summed E-state index contributed by atoms with van der Waals surface area (Å²) in [6, 6.07) is 6.86.